The molecular formula is C24H36N2O5S. The van der Waals surface area contributed by atoms with E-state index in [9.17, 15) is 18.0 Å². The molecule has 0 aliphatic carbocycles. The van der Waals surface area contributed by atoms with Crippen molar-refractivity contribution in [2.75, 3.05) is 25.9 Å². The molecule has 1 aromatic rings. The van der Waals surface area contributed by atoms with Crippen LogP contribution >= 0.6 is 0 Å². The lowest BCUT2D eigenvalue weighted by molar-refractivity contribution is 0.0181. The lowest BCUT2D eigenvalue weighted by Gasteiger charge is -2.33. The Morgan fingerprint density at radius 2 is 1.78 bits per heavy atom. The standard InChI is InChI=1S/C24H36N2O5S/c1-24(2,3)31-23(28)25-13-10-18(11-14-25)6-5-7-22(27)20-8-9-21-17-26(32(4,29)30)15-12-19(21)16-20/h8-9,16,18H,5-7,10-15,17H2,1-4H3. The SMILES string of the molecule is CC(C)(C)OC(=O)N1CCC(CCCC(=O)c2ccc3c(c2)CCN(S(C)(=O)=O)C3)CC1. The number of hydrogen-bond donors (Lipinski definition) is 0. The number of ether oxygens (including phenoxy) is 1. The number of carbonyl (C=O) groups is 2. The largest absolute Gasteiger partial charge is 0.444 e. The molecule has 2 aliphatic heterocycles. The molecule has 3 rings (SSSR count). The number of nitrogens with zero attached hydrogens (tertiary/aromatic N) is 2. The third-order valence-corrected chi connectivity index (χ3v) is 7.51. The fourth-order valence-electron chi connectivity index (χ4n) is 4.41. The topological polar surface area (TPSA) is 84.0 Å². The molecule has 2 aliphatic rings. The van der Waals surface area contributed by atoms with Gasteiger partial charge in [-0.3, -0.25) is 4.79 Å². The van der Waals surface area contributed by atoms with Crippen molar-refractivity contribution in [2.24, 2.45) is 5.92 Å². The number of benzene rings is 1. The van der Waals surface area contributed by atoms with Crippen LogP contribution in [0.25, 0.3) is 0 Å². The number of Topliss-reactive ketones (excluding diaryl/α,β-unsaturated/α-hetero) is 1. The minimum atomic E-state index is -3.20. The summed E-state index contributed by atoms with van der Waals surface area (Å²) in [6.07, 6.45) is 5.87. The maximum absolute atomic E-state index is 12.7. The van der Waals surface area contributed by atoms with Crippen molar-refractivity contribution in [1.29, 1.82) is 0 Å². The number of carbonyl (C=O) groups excluding carboxylic acids is 2. The number of likely N-dealkylation sites (tertiary alicyclic amines) is 1. The summed E-state index contributed by atoms with van der Waals surface area (Å²) in [7, 11) is -3.20. The number of sulfonamides is 1. The van der Waals surface area contributed by atoms with Crippen molar-refractivity contribution in [3.63, 3.8) is 0 Å². The van der Waals surface area contributed by atoms with Gasteiger partial charge in [-0.05, 0) is 76.0 Å². The highest BCUT2D eigenvalue weighted by Gasteiger charge is 2.27. The number of ketones is 1. The molecule has 178 valence electrons. The Labute approximate surface area is 192 Å². The van der Waals surface area contributed by atoms with Gasteiger partial charge in [-0.15, -0.1) is 0 Å². The molecule has 0 radical (unpaired) electrons. The molecule has 0 bridgehead atoms. The zero-order valence-corrected chi connectivity index (χ0v) is 20.5. The monoisotopic (exact) mass is 464 g/mol. The minimum absolute atomic E-state index is 0.143. The molecule has 1 fully saturated rings. The number of piperidine rings is 1. The Morgan fingerprint density at radius 1 is 1.09 bits per heavy atom. The predicted molar refractivity (Wildman–Crippen MR) is 124 cm³/mol. The van der Waals surface area contributed by atoms with Crippen LogP contribution in [0.2, 0.25) is 0 Å². The van der Waals surface area contributed by atoms with E-state index in [2.05, 4.69) is 0 Å². The Morgan fingerprint density at radius 3 is 2.41 bits per heavy atom. The lowest BCUT2D eigenvalue weighted by Crippen LogP contribution is -2.41. The molecule has 0 atom stereocenters. The smallest absolute Gasteiger partial charge is 0.410 e. The van der Waals surface area contributed by atoms with Crippen molar-refractivity contribution in [3.8, 4) is 0 Å². The quantitative estimate of drug-likeness (QED) is 0.594. The molecule has 2 heterocycles. The van der Waals surface area contributed by atoms with Crippen LogP contribution in [-0.2, 0) is 27.7 Å². The Hall–Kier alpha value is -1.93. The maximum atomic E-state index is 12.7. The van der Waals surface area contributed by atoms with Gasteiger partial charge < -0.3 is 9.64 Å². The van der Waals surface area contributed by atoms with Crippen LogP contribution in [0.4, 0.5) is 4.79 Å². The second-order valence-electron chi connectivity index (χ2n) is 10.1. The van der Waals surface area contributed by atoms with Gasteiger partial charge in [-0.1, -0.05) is 12.1 Å². The third-order valence-electron chi connectivity index (χ3n) is 6.26. The first kappa shape index (κ1) is 24.7. The number of rotatable bonds is 6. The first-order valence-electron chi connectivity index (χ1n) is 11.5. The van der Waals surface area contributed by atoms with E-state index in [1.54, 1.807) is 4.90 Å². The van der Waals surface area contributed by atoms with Crippen molar-refractivity contribution in [2.45, 2.75) is 71.4 Å². The van der Waals surface area contributed by atoms with Crippen molar-refractivity contribution >= 4 is 21.9 Å². The van der Waals surface area contributed by atoms with Crippen LogP contribution < -0.4 is 0 Å². The minimum Gasteiger partial charge on any atom is -0.444 e. The summed E-state index contributed by atoms with van der Waals surface area (Å²) in [4.78, 5) is 26.7. The molecule has 0 unspecified atom stereocenters. The van der Waals surface area contributed by atoms with Gasteiger partial charge in [0, 0.05) is 38.2 Å². The van der Waals surface area contributed by atoms with Crippen molar-refractivity contribution in [1.82, 2.24) is 9.21 Å². The van der Waals surface area contributed by atoms with Crippen LogP contribution in [-0.4, -0.2) is 61.0 Å². The van der Waals surface area contributed by atoms with Crippen molar-refractivity contribution < 1.29 is 22.7 Å². The van der Waals surface area contributed by atoms with E-state index in [1.807, 2.05) is 39.0 Å². The maximum Gasteiger partial charge on any atom is 0.410 e. The third kappa shape index (κ3) is 6.78. The fraction of sp³-hybridized carbons (Fsp3) is 0.667. The molecule has 8 heteroatoms. The highest BCUT2D eigenvalue weighted by atomic mass is 32.2. The van der Waals surface area contributed by atoms with E-state index in [0.29, 0.717) is 44.9 Å². The fourth-order valence-corrected chi connectivity index (χ4v) is 5.21. The van der Waals surface area contributed by atoms with Gasteiger partial charge in [0.2, 0.25) is 10.0 Å². The molecule has 1 amide bonds. The molecule has 7 nitrogen and oxygen atoms in total. The summed E-state index contributed by atoms with van der Waals surface area (Å²) >= 11 is 0. The zero-order chi connectivity index (χ0) is 23.5. The van der Waals surface area contributed by atoms with E-state index >= 15 is 0 Å². The van der Waals surface area contributed by atoms with E-state index in [0.717, 1.165) is 42.4 Å². The molecule has 0 saturated carbocycles. The van der Waals surface area contributed by atoms with Crippen LogP contribution in [0.15, 0.2) is 18.2 Å². The highest BCUT2D eigenvalue weighted by molar-refractivity contribution is 7.88. The number of hydrogen-bond acceptors (Lipinski definition) is 5. The molecular weight excluding hydrogens is 428 g/mol. The molecule has 1 saturated heterocycles. The average Bonchev–Trinajstić information content (AvgIpc) is 2.71. The lowest BCUT2D eigenvalue weighted by atomic mass is 9.90. The van der Waals surface area contributed by atoms with E-state index in [1.165, 1.54) is 10.6 Å². The Balaban J connectivity index is 1.43. The molecule has 1 aromatic carbocycles. The van der Waals surface area contributed by atoms with E-state index < -0.39 is 15.6 Å². The van der Waals surface area contributed by atoms with Crippen LogP contribution in [0.1, 0.15) is 74.4 Å². The summed E-state index contributed by atoms with van der Waals surface area (Å²) in [6.45, 7) is 7.90. The summed E-state index contributed by atoms with van der Waals surface area (Å²) < 4.78 is 30.5. The van der Waals surface area contributed by atoms with Gasteiger partial charge in [0.15, 0.2) is 5.78 Å². The summed E-state index contributed by atoms with van der Waals surface area (Å²) in [5.41, 5.74) is 2.30. The highest BCUT2D eigenvalue weighted by Crippen LogP contribution is 2.26. The summed E-state index contributed by atoms with van der Waals surface area (Å²) in [5, 5.41) is 0. The normalized spacial score (nSPS) is 18.3. The summed E-state index contributed by atoms with van der Waals surface area (Å²) in [6, 6.07) is 5.66. The second-order valence-corrected chi connectivity index (χ2v) is 12.0. The second kappa shape index (κ2) is 9.91. The van der Waals surface area contributed by atoms with Gasteiger partial charge >= 0.3 is 6.09 Å². The average molecular weight is 465 g/mol. The van der Waals surface area contributed by atoms with Crippen LogP contribution in [0.3, 0.4) is 0 Å². The van der Waals surface area contributed by atoms with Gasteiger partial charge in [0.25, 0.3) is 0 Å². The molecule has 0 spiro atoms. The van der Waals surface area contributed by atoms with Crippen LogP contribution in [0.5, 0.6) is 0 Å². The molecule has 32 heavy (non-hydrogen) atoms. The van der Waals surface area contributed by atoms with Crippen LogP contribution in [0, 0.1) is 5.92 Å². The molecule has 0 aromatic heterocycles. The summed E-state index contributed by atoms with van der Waals surface area (Å²) in [5.74, 6) is 0.677. The van der Waals surface area contributed by atoms with Gasteiger partial charge in [0.05, 0.1) is 6.26 Å². The zero-order valence-electron chi connectivity index (χ0n) is 19.7. The van der Waals surface area contributed by atoms with E-state index in [-0.39, 0.29) is 11.9 Å². The van der Waals surface area contributed by atoms with Crippen molar-refractivity contribution in [3.05, 3.63) is 34.9 Å². The first-order valence-corrected chi connectivity index (χ1v) is 13.4. The Bertz CT molecular complexity index is 944. The van der Waals surface area contributed by atoms with E-state index in [4.69, 9.17) is 4.74 Å². The Kier molecular flexibility index (Phi) is 7.65. The molecule has 0 N–H and O–H groups in total. The first-order chi connectivity index (χ1) is 14.9. The van der Waals surface area contributed by atoms with Gasteiger partial charge in [0.1, 0.15) is 5.60 Å². The van der Waals surface area contributed by atoms with Gasteiger partial charge in [-0.2, -0.15) is 4.31 Å². The van der Waals surface area contributed by atoms with Gasteiger partial charge in [-0.25, -0.2) is 13.2 Å². The predicted octanol–water partition coefficient (Wildman–Crippen LogP) is 4.00. The number of amides is 1. The number of fused-ring (bicyclic) bond motifs is 1.